The Bertz CT molecular complexity index is 501. The lowest BCUT2D eigenvalue weighted by Crippen LogP contribution is -3.18. The first-order valence-electron chi connectivity index (χ1n) is 8.03. The van der Waals surface area contributed by atoms with Gasteiger partial charge in [0.15, 0.2) is 6.29 Å². The van der Waals surface area contributed by atoms with Crippen LogP contribution >= 0.6 is 0 Å². The Morgan fingerprint density at radius 2 is 2.10 bits per heavy atom. The number of ether oxygens (including phenoxy) is 1. The maximum absolute atomic E-state index is 10.7. The number of hydrogen-bond acceptors (Lipinski definition) is 3. The van der Waals surface area contributed by atoms with Crippen LogP contribution in [0.1, 0.15) is 42.5 Å². The second-order valence-electron chi connectivity index (χ2n) is 6.31. The van der Waals surface area contributed by atoms with Gasteiger partial charge in [-0.15, -0.1) is 0 Å². The fraction of sp³-hybridized carbons (Fsp3) is 0.588. The molecule has 1 aromatic rings. The maximum atomic E-state index is 10.7. The lowest BCUT2D eigenvalue weighted by molar-refractivity contribution is -0.940. The largest absolute Gasteiger partial charge is 0.507 e. The van der Waals surface area contributed by atoms with E-state index in [4.69, 9.17) is 4.74 Å². The van der Waals surface area contributed by atoms with Gasteiger partial charge >= 0.3 is 0 Å². The normalized spacial score (nSPS) is 28.7. The number of piperidine rings is 2. The van der Waals surface area contributed by atoms with Crippen molar-refractivity contribution in [3.05, 3.63) is 23.8 Å². The lowest BCUT2D eigenvalue weighted by Gasteiger charge is -2.41. The van der Waals surface area contributed by atoms with Crippen LogP contribution in [0.4, 0.5) is 0 Å². The van der Waals surface area contributed by atoms with Gasteiger partial charge in [0.25, 0.3) is 0 Å². The molecule has 0 aliphatic carbocycles. The Morgan fingerprint density at radius 1 is 1.24 bits per heavy atom. The third kappa shape index (κ3) is 3.21. The molecule has 1 aromatic carbocycles. The van der Waals surface area contributed by atoms with E-state index in [2.05, 4.69) is 0 Å². The zero-order valence-corrected chi connectivity index (χ0v) is 12.4. The van der Waals surface area contributed by atoms with E-state index < -0.39 is 0 Å². The van der Waals surface area contributed by atoms with E-state index in [0.717, 1.165) is 6.04 Å². The minimum atomic E-state index is -0.00365. The van der Waals surface area contributed by atoms with Crippen LogP contribution in [0.3, 0.4) is 0 Å². The molecular weight excluding hydrogens is 266 g/mol. The quantitative estimate of drug-likeness (QED) is 0.825. The highest BCUT2D eigenvalue weighted by Crippen LogP contribution is 2.25. The van der Waals surface area contributed by atoms with Gasteiger partial charge in [-0.3, -0.25) is 4.79 Å². The second kappa shape index (κ2) is 6.48. The van der Waals surface area contributed by atoms with Crippen molar-refractivity contribution in [3.8, 4) is 11.5 Å². The number of quaternary nitrogens is 1. The molecule has 3 rings (SSSR count). The van der Waals surface area contributed by atoms with Crippen LogP contribution in [0, 0.1) is 5.92 Å². The molecule has 2 aliphatic heterocycles. The van der Waals surface area contributed by atoms with E-state index in [1.165, 1.54) is 51.3 Å². The molecule has 0 radical (unpaired) electrons. The van der Waals surface area contributed by atoms with Gasteiger partial charge in [0.2, 0.25) is 0 Å². The first kappa shape index (κ1) is 14.4. The average Bonchev–Trinajstić information content (AvgIpc) is 2.53. The molecule has 4 nitrogen and oxygen atoms in total. The van der Waals surface area contributed by atoms with E-state index >= 15 is 0 Å². The third-order valence-electron chi connectivity index (χ3n) is 5.02. The van der Waals surface area contributed by atoms with Crippen LogP contribution in [-0.4, -0.2) is 37.1 Å². The smallest absolute Gasteiger partial charge is 0.153 e. The molecule has 114 valence electrons. The molecule has 21 heavy (non-hydrogen) atoms. The first-order chi connectivity index (χ1) is 10.3. The van der Waals surface area contributed by atoms with Gasteiger partial charge < -0.3 is 14.7 Å². The Labute approximate surface area is 125 Å². The molecule has 2 saturated heterocycles. The van der Waals surface area contributed by atoms with Gasteiger partial charge in [-0.05, 0) is 44.2 Å². The molecule has 0 aromatic heterocycles. The number of hydrogen-bond donors (Lipinski definition) is 2. The highest BCUT2D eigenvalue weighted by atomic mass is 16.5. The summed E-state index contributed by atoms with van der Waals surface area (Å²) in [6.45, 7) is 3.35. The summed E-state index contributed by atoms with van der Waals surface area (Å²) in [5, 5.41) is 9.70. The van der Waals surface area contributed by atoms with Crippen LogP contribution < -0.4 is 9.64 Å². The van der Waals surface area contributed by atoms with Crippen molar-refractivity contribution in [1.29, 1.82) is 0 Å². The summed E-state index contributed by atoms with van der Waals surface area (Å²) >= 11 is 0. The van der Waals surface area contributed by atoms with Crippen molar-refractivity contribution in [2.45, 2.75) is 38.1 Å². The summed E-state index contributed by atoms with van der Waals surface area (Å²) in [4.78, 5) is 12.5. The number of benzene rings is 1. The molecule has 2 fully saturated rings. The third-order valence-corrected chi connectivity index (χ3v) is 5.02. The summed E-state index contributed by atoms with van der Waals surface area (Å²) in [6, 6.07) is 5.65. The van der Waals surface area contributed by atoms with Gasteiger partial charge in [-0.1, -0.05) is 0 Å². The molecule has 4 heteroatoms. The molecule has 2 aliphatic rings. The summed E-state index contributed by atoms with van der Waals surface area (Å²) in [5.41, 5.74) is 0.308. The highest BCUT2D eigenvalue weighted by molar-refractivity contribution is 5.79. The van der Waals surface area contributed by atoms with Crippen molar-refractivity contribution in [3.63, 3.8) is 0 Å². The number of nitrogens with one attached hydrogen (secondary N) is 1. The van der Waals surface area contributed by atoms with Crippen LogP contribution in [-0.2, 0) is 0 Å². The van der Waals surface area contributed by atoms with Crippen molar-refractivity contribution < 1.29 is 19.5 Å². The Morgan fingerprint density at radius 3 is 2.90 bits per heavy atom. The van der Waals surface area contributed by atoms with Crippen molar-refractivity contribution in [1.82, 2.24) is 0 Å². The van der Waals surface area contributed by atoms with Crippen molar-refractivity contribution in [2.24, 2.45) is 5.92 Å². The number of rotatable bonds is 4. The molecule has 0 saturated carbocycles. The minimum Gasteiger partial charge on any atom is -0.507 e. The SMILES string of the molecule is O=Cc1ccc(OC[C@@H]2CCC[NH+]3CCCC[C@H]23)cc1O. The van der Waals surface area contributed by atoms with E-state index in [9.17, 15) is 9.90 Å². The number of phenols is 1. The van der Waals surface area contributed by atoms with Crippen LogP contribution in [0.15, 0.2) is 18.2 Å². The molecular formula is C17H24NO3+. The van der Waals surface area contributed by atoms with E-state index in [1.807, 2.05) is 0 Å². The predicted octanol–water partition coefficient (Wildman–Crippen LogP) is 1.43. The Balaban J connectivity index is 1.61. The minimum absolute atomic E-state index is 0.00365. The molecule has 3 atom stereocenters. The molecule has 2 N–H and O–H groups in total. The number of fused-ring (bicyclic) bond motifs is 1. The summed E-state index contributed by atoms with van der Waals surface area (Å²) < 4.78 is 5.89. The molecule has 0 amide bonds. The number of carbonyl (C=O) groups is 1. The van der Waals surface area contributed by atoms with Crippen LogP contribution in [0.2, 0.25) is 0 Å². The molecule has 2 heterocycles. The Hall–Kier alpha value is -1.55. The first-order valence-corrected chi connectivity index (χ1v) is 8.03. The summed E-state index contributed by atoms with van der Waals surface area (Å²) in [5.74, 6) is 1.26. The topological polar surface area (TPSA) is 51.0 Å². The highest BCUT2D eigenvalue weighted by Gasteiger charge is 2.36. The van der Waals surface area contributed by atoms with Gasteiger partial charge in [0.05, 0.1) is 31.3 Å². The van der Waals surface area contributed by atoms with Crippen molar-refractivity contribution >= 4 is 6.29 Å². The second-order valence-corrected chi connectivity index (χ2v) is 6.31. The molecule has 0 spiro atoms. The van der Waals surface area contributed by atoms with Gasteiger partial charge in [-0.25, -0.2) is 0 Å². The van der Waals surface area contributed by atoms with Crippen LogP contribution in [0.5, 0.6) is 11.5 Å². The van der Waals surface area contributed by atoms with E-state index in [1.54, 1.807) is 17.0 Å². The zero-order valence-electron chi connectivity index (χ0n) is 12.4. The number of phenolic OH excluding ortho intramolecular Hbond substituents is 1. The average molecular weight is 290 g/mol. The number of aldehydes is 1. The summed E-state index contributed by atoms with van der Waals surface area (Å²) in [6.07, 6.45) is 7.21. The predicted molar refractivity (Wildman–Crippen MR) is 80.0 cm³/mol. The fourth-order valence-electron chi connectivity index (χ4n) is 3.89. The standard InChI is InChI=1S/C17H23NO3/c19-11-13-6-7-15(10-17(13)20)21-12-14-4-3-9-18-8-2-1-5-16(14)18/h6-7,10-11,14,16,20H,1-5,8-9,12H2/p+1/t14-,16+/m0/s1. The zero-order chi connectivity index (χ0) is 14.7. The number of aromatic hydroxyl groups is 1. The van der Waals surface area contributed by atoms with Gasteiger partial charge in [-0.2, -0.15) is 0 Å². The van der Waals surface area contributed by atoms with Gasteiger partial charge in [0, 0.05) is 12.0 Å². The lowest BCUT2D eigenvalue weighted by atomic mass is 9.84. The fourth-order valence-corrected chi connectivity index (χ4v) is 3.89. The van der Waals surface area contributed by atoms with Gasteiger partial charge in [0.1, 0.15) is 11.5 Å². The Kier molecular flexibility index (Phi) is 4.44. The monoisotopic (exact) mass is 290 g/mol. The van der Waals surface area contributed by atoms with E-state index in [0.29, 0.717) is 30.1 Å². The molecule has 1 unspecified atom stereocenters. The maximum Gasteiger partial charge on any atom is 0.153 e. The van der Waals surface area contributed by atoms with Crippen molar-refractivity contribution in [2.75, 3.05) is 19.7 Å². The van der Waals surface area contributed by atoms with Crippen LogP contribution in [0.25, 0.3) is 0 Å². The molecule has 0 bridgehead atoms. The summed E-state index contributed by atoms with van der Waals surface area (Å²) in [7, 11) is 0. The number of carbonyl (C=O) groups excluding carboxylic acids is 1. The van der Waals surface area contributed by atoms with E-state index in [-0.39, 0.29) is 5.75 Å².